The molecule has 0 bridgehead atoms. The summed E-state index contributed by atoms with van der Waals surface area (Å²) in [5.74, 6) is -0.253. The zero-order valence-electron chi connectivity index (χ0n) is 11.7. The molecule has 0 heterocycles. The molecule has 2 aromatic rings. The van der Waals surface area contributed by atoms with Crippen molar-refractivity contribution in [1.82, 2.24) is 0 Å². The van der Waals surface area contributed by atoms with Crippen LogP contribution in [0.3, 0.4) is 0 Å². The smallest absolute Gasteiger partial charge is 0.406 e. The summed E-state index contributed by atoms with van der Waals surface area (Å²) in [5.41, 5.74) is 3.33. The number of aliphatic hydroxyl groups excluding tert-OH is 1. The van der Waals surface area contributed by atoms with E-state index in [1.54, 1.807) is 12.1 Å². The van der Waals surface area contributed by atoms with E-state index in [0.29, 0.717) is 6.42 Å². The van der Waals surface area contributed by atoms with Crippen LogP contribution in [0.25, 0.3) is 16.7 Å². The summed E-state index contributed by atoms with van der Waals surface area (Å²) in [7, 11) is 0. The van der Waals surface area contributed by atoms with Crippen molar-refractivity contribution >= 4 is 5.57 Å². The number of alkyl halides is 3. The fraction of sp³-hybridized carbons (Fsp3) is 0.176. The maximum Gasteiger partial charge on any atom is 0.573 e. The normalized spacial score (nSPS) is 11.3. The van der Waals surface area contributed by atoms with Gasteiger partial charge in [-0.2, -0.15) is 0 Å². The van der Waals surface area contributed by atoms with E-state index in [1.807, 2.05) is 24.3 Å². The van der Waals surface area contributed by atoms with Crippen LogP contribution in [0, 0.1) is 0 Å². The van der Waals surface area contributed by atoms with E-state index in [2.05, 4.69) is 11.3 Å². The first-order valence-electron chi connectivity index (χ1n) is 6.64. The standard InChI is InChI=1S/C17H15F3O2/c1-12(9-10-21)14-3-2-4-15(11-14)13-5-7-16(8-6-13)22-17(18,19)20/h2-8,11,21H,1,9-10H2. The SMILES string of the molecule is C=C(CCO)c1cccc(-c2ccc(OC(F)(F)F)cc2)c1. The molecule has 0 unspecified atom stereocenters. The van der Waals surface area contributed by atoms with Crippen LogP contribution in [-0.2, 0) is 0 Å². The van der Waals surface area contributed by atoms with Gasteiger partial charge in [0, 0.05) is 6.61 Å². The third-order valence-electron chi connectivity index (χ3n) is 3.11. The van der Waals surface area contributed by atoms with Crippen molar-refractivity contribution in [3.05, 3.63) is 60.7 Å². The number of rotatable bonds is 5. The van der Waals surface area contributed by atoms with Crippen LogP contribution in [0.4, 0.5) is 13.2 Å². The first kappa shape index (κ1) is 16.1. The molecule has 0 atom stereocenters. The summed E-state index contributed by atoms with van der Waals surface area (Å²) in [4.78, 5) is 0. The number of hydrogen-bond donors (Lipinski definition) is 1. The molecule has 0 saturated heterocycles. The predicted octanol–water partition coefficient (Wildman–Crippen LogP) is 4.65. The Bertz CT molecular complexity index is 646. The molecule has 0 saturated carbocycles. The molecule has 0 aliphatic heterocycles. The summed E-state index contributed by atoms with van der Waals surface area (Å²) in [6.07, 6.45) is -4.22. The molecule has 0 aromatic heterocycles. The Balaban J connectivity index is 2.21. The molecule has 22 heavy (non-hydrogen) atoms. The minimum absolute atomic E-state index is 0.0204. The van der Waals surface area contributed by atoms with Gasteiger partial charge in [-0.25, -0.2) is 0 Å². The van der Waals surface area contributed by atoms with Gasteiger partial charge in [0.05, 0.1) is 0 Å². The topological polar surface area (TPSA) is 29.5 Å². The highest BCUT2D eigenvalue weighted by Gasteiger charge is 2.30. The van der Waals surface area contributed by atoms with E-state index in [0.717, 1.165) is 22.3 Å². The lowest BCUT2D eigenvalue weighted by molar-refractivity contribution is -0.274. The van der Waals surface area contributed by atoms with Crippen LogP contribution in [0.1, 0.15) is 12.0 Å². The summed E-state index contributed by atoms with van der Waals surface area (Å²) >= 11 is 0. The molecule has 0 aliphatic rings. The Morgan fingerprint density at radius 2 is 1.73 bits per heavy atom. The lowest BCUT2D eigenvalue weighted by Gasteiger charge is -2.10. The summed E-state index contributed by atoms with van der Waals surface area (Å²) < 4.78 is 40.2. The largest absolute Gasteiger partial charge is 0.573 e. The van der Waals surface area contributed by atoms with Gasteiger partial charge < -0.3 is 9.84 Å². The van der Waals surface area contributed by atoms with Gasteiger partial charge in [0.1, 0.15) is 5.75 Å². The molecule has 0 amide bonds. The minimum atomic E-state index is -4.69. The van der Waals surface area contributed by atoms with E-state index in [4.69, 9.17) is 5.11 Å². The Morgan fingerprint density at radius 1 is 1.05 bits per heavy atom. The lowest BCUT2D eigenvalue weighted by atomic mass is 9.98. The molecule has 0 radical (unpaired) electrons. The molecular formula is C17H15F3O2. The van der Waals surface area contributed by atoms with E-state index in [1.165, 1.54) is 12.1 Å². The van der Waals surface area contributed by atoms with Gasteiger partial charge >= 0.3 is 6.36 Å². The predicted molar refractivity (Wildman–Crippen MR) is 79.3 cm³/mol. The second-order valence-electron chi connectivity index (χ2n) is 4.73. The van der Waals surface area contributed by atoms with Gasteiger partial charge in [-0.05, 0) is 46.9 Å². The zero-order chi connectivity index (χ0) is 16.2. The molecule has 5 heteroatoms. The molecule has 1 N–H and O–H groups in total. The molecule has 116 valence electrons. The van der Waals surface area contributed by atoms with Crippen LogP contribution < -0.4 is 4.74 Å². The van der Waals surface area contributed by atoms with E-state index < -0.39 is 6.36 Å². The van der Waals surface area contributed by atoms with Crippen molar-refractivity contribution in [3.63, 3.8) is 0 Å². The van der Waals surface area contributed by atoms with Gasteiger partial charge in [-0.15, -0.1) is 13.2 Å². The summed E-state index contributed by atoms with van der Waals surface area (Å²) in [6.45, 7) is 3.92. The highest BCUT2D eigenvalue weighted by atomic mass is 19.4. The molecule has 0 spiro atoms. The summed E-state index contributed by atoms with van der Waals surface area (Å²) in [5, 5.41) is 8.94. The number of aliphatic hydroxyl groups is 1. The number of halogens is 3. The first-order valence-corrected chi connectivity index (χ1v) is 6.64. The van der Waals surface area contributed by atoms with Crippen molar-refractivity contribution in [2.45, 2.75) is 12.8 Å². The highest BCUT2D eigenvalue weighted by molar-refractivity contribution is 5.72. The van der Waals surface area contributed by atoms with Crippen molar-refractivity contribution in [2.24, 2.45) is 0 Å². The van der Waals surface area contributed by atoms with E-state index >= 15 is 0 Å². The Morgan fingerprint density at radius 3 is 2.32 bits per heavy atom. The molecule has 2 nitrogen and oxygen atoms in total. The minimum Gasteiger partial charge on any atom is -0.406 e. The van der Waals surface area contributed by atoms with Crippen molar-refractivity contribution < 1.29 is 23.0 Å². The summed E-state index contributed by atoms with van der Waals surface area (Å²) in [6, 6.07) is 13.1. The molecule has 2 rings (SSSR count). The van der Waals surface area contributed by atoms with Crippen LogP contribution in [-0.4, -0.2) is 18.1 Å². The van der Waals surface area contributed by atoms with Crippen LogP contribution in [0.15, 0.2) is 55.1 Å². The zero-order valence-corrected chi connectivity index (χ0v) is 11.7. The Hall–Kier alpha value is -2.27. The second kappa shape index (κ2) is 6.66. The fourth-order valence-corrected chi connectivity index (χ4v) is 2.05. The van der Waals surface area contributed by atoms with Gasteiger partial charge in [-0.3, -0.25) is 0 Å². The Kier molecular flexibility index (Phi) is 4.88. The lowest BCUT2D eigenvalue weighted by Crippen LogP contribution is -2.16. The number of ether oxygens (including phenoxy) is 1. The van der Waals surface area contributed by atoms with Gasteiger partial charge in [0.2, 0.25) is 0 Å². The third kappa shape index (κ3) is 4.36. The highest BCUT2D eigenvalue weighted by Crippen LogP contribution is 2.28. The number of benzene rings is 2. The van der Waals surface area contributed by atoms with E-state index in [9.17, 15) is 13.2 Å². The maximum atomic E-state index is 12.1. The van der Waals surface area contributed by atoms with Gasteiger partial charge in [0.25, 0.3) is 0 Å². The average molecular weight is 308 g/mol. The maximum absolute atomic E-state index is 12.1. The third-order valence-corrected chi connectivity index (χ3v) is 3.11. The quantitative estimate of drug-likeness (QED) is 0.871. The molecular weight excluding hydrogens is 293 g/mol. The van der Waals surface area contributed by atoms with E-state index in [-0.39, 0.29) is 12.4 Å². The van der Waals surface area contributed by atoms with Gasteiger partial charge in [0.15, 0.2) is 0 Å². The Labute approximate surface area is 126 Å². The molecule has 0 fully saturated rings. The first-order chi connectivity index (χ1) is 10.4. The fourth-order valence-electron chi connectivity index (χ4n) is 2.05. The van der Waals surface area contributed by atoms with Crippen molar-refractivity contribution in [3.8, 4) is 16.9 Å². The molecule has 0 aliphatic carbocycles. The molecule has 2 aromatic carbocycles. The van der Waals surface area contributed by atoms with Crippen molar-refractivity contribution in [1.29, 1.82) is 0 Å². The van der Waals surface area contributed by atoms with Crippen LogP contribution in [0.5, 0.6) is 5.75 Å². The second-order valence-corrected chi connectivity index (χ2v) is 4.73. The van der Waals surface area contributed by atoms with Crippen LogP contribution in [0.2, 0.25) is 0 Å². The van der Waals surface area contributed by atoms with Crippen LogP contribution >= 0.6 is 0 Å². The monoisotopic (exact) mass is 308 g/mol. The number of hydrogen-bond acceptors (Lipinski definition) is 2. The van der Waals surface area contributed by atoms with Crippen molar-refractivity contribution in [2.75, 3.05) is 6.61 Å². The average Bonchev–Trinajstić information content (AvgIpc) is 2.47. The van der Waals surface area contributed by atoms with Gasteiger partial charge in [-0.1, -0.05) is 36.9 Å².